The second-order valence-electron chi connectivity index (χ2n) is 7.61. The predicted octanol–water partition coefficient (Wildman–Crippen LogP) is 2.89. The molecule has 1 N–H and O–H groups in total. The van der Waals surface area contributed by atoms with Crippen LogP contribution in [0.3, 0.4) is 0 Å². The van der Waals surface area contributed by atoms with E-state index in [-0.39, 0.29) is 18.4 Å². The highest BCUT2D eigenvalue weighted by molar-refractivity contribution is 5.94. The second kappa shape index (κ2) is 8.06. The molecule has 2 heterocycles. The zero-order valence-corrected chi connectivity index (χ0v) is 15.8. The SMILES string of the molecule is Cc1ccc(-c2ccc(C(=O)N3CC(CO)CC(CN(C)C)C3)cc2)o1. The molecule has 5 nitrogen and oxygen atoms in total. The number of benzene rings is 1. The fraction of sp³-hybridized carbons (Fsp3) is 0.476. The van der Waals surface area contributed by atoms with E-state index in [9.17, 15) is 9.90 Å². The van der Waals surface area contributed by atoms with Gasteiger partial charge < -0.3 is 19.3 Å². The van der Waals surface area contributed by atoms with Gasteiger partial charge in [-0.1, -0.05) is 12.1 Å². The molecular weight excluding hydrogens is 328 g/mol. The molecule has 1 aromatic heterocycles. The summed E-state index contributed by atoms with van der Waals surface area (Å²) in [6.07, 6.45) is 0.968. The summed E-state index contributed by atoms with van der Waals surface area (Å²) in [7, 11) is 4.09. The van der Waals surface area contributed by atoms with Crippen molar-refractivity contribution in [1.82, 2.24) is 9.80 Å². The van der Waals surface area contributed by atoms with Gasteiger partial charge in [-0.3, -0.25) is 4.79 Å². The van der Waals surface area contributed by atoms with Gasteiger partial charge in [0.1, 0.15) is 11.5 Å². The number of nitrogens with zero attached hydrogens (tertiary/aromatic N) is 2. The van der Waals surface area contributed by atoms with Gasteiger partial charge in [-0.2, -0.15) is 0 Å². The first-order valence-corrected chi connectivity index (χ1v) is 9.18. The van der Waals surface area contributed by atoms with E-state index >= 15 is 0 Å². The Labute approximate surface area is 155 Å². The van der Waals surface area contributed by atoms with E-state index in [2.05, 4.69) is 4.90 Å². The van der Waals surface area contributed by atoms with E-state index in [0.717, 1.165) is 36.6 Å². The maximum atomic E-state index is 13.0. The summed E-state index contributed by atoms with van der Waals surface area (Å²) in [5.41, 5.74) is 1.64. The molecule has 2 unspecified atom stereocenters. The molecule has 0 bridgehead atoms. The quantitative estimate of drug-likeness (QED) is 0.895. The third-order valence-corrected chi connectivity index (χ3v) is 4.95. The zero-order valence-electron chi connectivity index (χ0n) is 15.8. The minimum atomic E-state index is 0.0362. The minimum absolute atomic E-state index is 0.0362. The molecule has 1 aliphatic rings. The molecule has 3 rings (SSSR count). The van der Waals surface area contributed by atoms with Crippen molar-refractivity contribution in [1.29, 1.82) is 0 Å². The Morgan fingerprint density at radius 3 is 2.42 bits per heavy atom. The first kappa shape index (κ1) is 18.7. The predicted molar refractivity (Wildman–Crippen MR) is 102 cm³/mol. The van der Waals surface area contributed by atoms with Crippen molar-refractivity contribution in [2.24, 2.45) is 11.8 Å². The molecule has 1 amide bonds. The second-order valence-corrected chi connectivity index (χ2v) is 7.61. The lowest BCUT2D eigenvalue weighted by Gasteiger charge is -2.38. The molecular formula is C21H28N2O3. The Balaban J connectivity index is 1.72. The van der Waals surface area contributed by atoms with E-state index in [1.807, 2.05) is 62.3 Å². The van der Waals surface area contributed by atoms with Gasteiger partial charge in [0.05, 0.1) is 0 Å². The van der Waals surface area contributed by atoms with E-state index in [1.165, 1.54) is 0 Å². The van der Waals surface area contributed by atoms with Crippen LogP contribution < -0.4 is 0 Å². The van der Waals surface area contributed by atoms with Gasteiger partial charge in [0.15, 0.2) is 0 Å². The highest BCUT2D eigenvalue weighted by atomic mass is 16.3. The number of piperidine rings is 1. The summed E-state index contributed by atoms with van der Waals surface area (Å²) in [6.45, 7) is 4.34. The Bertz CT molecular complexity index is 736. The number of likely N-dealkylation sites (tertiary alicyclic amines) is 1. The van der Waals surface area contributed by atoms with Crippen LogP contribution in [-0.4, -0.2) is 61.2 Å². The largest absolute Gasteiger partial charge is 0.461 e. The minimum Gasteiger partial charge on any atom is -0.461 e. The van der Waals surface area contributed by atoms with Gasteiger partial charge in [0, 0.05) is 37.4 Å². The van der Waals surface area contributed by atoms with Crippen LogP contribution in [0.1, 0.15) is 22.5 Å². The average molecular weight is 356 g/mol. The highest BCUT2D eigenvalue weighted by Crippen LogP contribution is 2.26. The lowest BCUT2D eigenvalue weighted by Crippen LogP contribution is -2.47. The summed E-state index contributed by atoms with van der Waals surface area (Å²) in [5, 5.41) is 9.62. The number of amides is 1. The lowest BCUT2D eigenvalue weighted by atomic mass is 9.89. The van der Waals surface area contributed by atoms with Gasteiger partial charge >= 0.3 is 0 Å². The molecule has 2 aromatic rings. The van der Waals surface area contributed by atoms with Crippen LogP contribution in [0, 0.1) is 18.8 Å². The topological polar surface area (TPSA) is 56.9 Å². The molecule has 1 aromatic carbocycles. The fourth-order valence-corrected chi connectivity index (χ4v) is 3.81. The number of hydrogen-bond donors (Lipinski definition) is 1. The lowest BCUT2D eigenvalue weighted by molar-refractivity contribution is 0.0478. The van der Waals surface area contributed by atoms with Gasteiger partial charge in [-0.05, 0) is 63.5 Å². The van der Waals surface area contributed by atoms with Crippen molar-refractivity contribution in [3.63, 3.8) is 0 Å². The number of carbonyl (C=O) groups excluding carboxylic acids is 1. The van der Waals surface area contributed by atoms with Crippen molar-refractivity contribution in [3.05, 3.63) is 47.7 Å². The van der Waals surface area contributed by atoms with Crippen LogP contribution >= 0.6 is 0 Å². The normalized spacial score (nSPS) is 20.6. The number of aryl methyl sites for hydroxylation is 1. The Kier molecular flexibility index (Phi) is 5.79. The molecule has 0 saturated carbocycles. The van der Waals surface area contributed by atoms with Crippen molar-refractivity contribution in [2.45, 2.75) is 13.3 Å². The average Bonchev–Trinajstić information content (AvgIpc) is 3.06. The van der Waals surface area contributed by atoms with Crippen LogP contribution in [0.4, 0.5) is 0 Å². The van der Waals surface area contributed by atoms with E-state index in [0.29, 0.717) is 18.0 Å². The van der Waals surface area contributed by atoms with Crippen LogP contribution in [0.5, 0.6) is 0 Å². The number of rotatable bonds is 5. The number of aliphatic hydroxyl groups is 1. The summed E-state index contributed by atoms with van der Waals surface area (Å²) in [5.74, 6) is 2.27. The van der Waals surface area contributed by atoms with Gasteiger partial charge in [-0.25, -0.2) is 0 Å². The fourth-order valence-electron chi connectivity index (χ4n) is 3.81. The number of hydrogen-bond acceptors (Lipinski definition) is 4. The first-order valence-electron chi connectivity index (χ1n) is 9.18. The number of carbonyl (C=O) groups is 1. The molecule has 1 fully saturated rings. The molecule has 1 saturated heterocycles. The first-order chi connectivity index (χ1) is 12.5. The van der Waals surface area contributed by atoms with Gasteiger partial charge in [0.25, 0.3) is 5.91 Å². The Morgan fingerprint density at radius 1 is 1.15 bits per heavy atom. The number of furan rings is 1. The van der Waals surface area contributed by atoms with Crippen molar-refractivity contribution >= 4 is 5.91 Å². The molecule has 0 aliphatic carbocycles. The molecule has 0 spiro atoms. The van der Waals surface area contributed by atoms with Crippen molar-refractivity contribution in [3.8, 4) is 11.3 Å². The Hall–Kier alpha value is -2.11. The zero-order chi connectivity index (χ0) is 18.7. The summed E-state index contributed by atoms with van der Waals surface area (Å²) >= 11 is 0. The standard InChI is InChI=1S/C21H28N2O3/c1-15-4-9-20(26-15)18-5-7-19(8-6-18)21(25)23-12-16(11-22(2)3)10-17(13-23)14-24/h4-9,16-17,24H,10-14H2,1-3H3. The van der Waals surface area contributed by atoms with Gasteiger partial charge in [0.2, 0.25) is 0 Å². The van der Waals surface area contributed by atoms with Crippen molar-refractivity contribution < 1.29 is 14.3 Å². The monoisotopic (exact) mass is 356 g/mol. The summed E-state index contributed by atoms with van der Waals surface area (Å²) < 4.78 is 5.64. The highest BCUT2D eigenvalue weighted by Gasteiger charge is 2.30. The summed E-state index contributed by atoms with van der Waals surface area (Å²) in [4.78, 5) is 17.0. The smallest absolute Gasteiger partial charge is 0.253 e. The van der Waals surface area contributed by atoms with Gasteiger partial charge in [-0.15, -0.1) is 0 Å². The van der Waals surface area contributed by atoms with Crippen LogP contribution in [0.2, 0.25) is 0 Å². The number of aliphatic hydroxyl groups excluding tert-OH is 1. The van der Waals surface area contributed by atoms with E-state index in [1.54, 1.807) is 0 Å². The molecule has 1 aliphatic heterocycles. The van der Waals surface area contributed by atoms with E-state index in [4.69, 9.17) is 4.42 Å². The van der Waals surface area contributed by atoms with E-state index < -0.39 is 0 Å². The maximum absolute atomic E-state index is 13.0. The molecule has 5 heteroatoms. The Morgan fingerprint density at radius 2 is 1.85 bits per heavy atom. The maximum Gasteiger partial charge on any atom is 0.253 e. The van der Waals surface area contributed by atoms with Crippen molar-refractivity contribution in [2.75, 3.05) is 40.3 Å². The van der Waals surface area contributed by atoms with Crippen LogP contribution in [0.25, 0.3) is 11.3 Å². The van der Waals surface area contributed by atoms with Crippen LogP contribution in [0.15, 0.2) is 40.8 Å². The molecule has 0 radical (unpaired) electrons. The third kappa shape index (κ3) is 4.34. The molecule has 26 heavy (non-hydrogen) atoms. The van der Waals surface area contributed by atoms with Crippen LogP contribution in [-0.2, 0) is 0 Å². The summed E-state index contributed by atoms with van der Waals surface area (Å²) in [6, 6.07) is 11.4. The third-order valence-electron chi connectivity index (χ3n) is 4.95. The molecule has 140 valence electrons. The molecule has 2 atom stereocenters.